The molecule has 5 nitrogen and oxygen atoms in total. The van der Waals surface area contributed by atoms with Crippen LogP contribution in [0.5, 0.6) is 0 Å². The highest BCUT2D eigenvalue weighted by atomic mass is 16.6. The Morgan fingerprint density at radius 3 is 2.45 bits per heavy atom. The van der Waals surface area contributed by atoms with Crippen molar-refractivity contribution in [2.45, 2.75) is 65.6 Å². The summed E-state index contributed by atoms with van der Waals surface area (Å²) in [4.78, 5) is 18.1. The van der Waals surface area contributed by atoms with Crippen LogP contribution in [0.2, 0.25) is 0 Å². The lowest BCUT2D eigenvalue weighted by Crippen LogP contribution is -2.46. The number of amides is 1. The van der Waals surface area contributed by atoms with Gasteiger partial charge in [-0.2, -0.15) is 0 Å². The Labute approximate surface area is 121 Å². The predicted molar refractivity (Wildman–Crippen MR) is 79.5 cm³/mol. The SMILES string of the molecule is CCCn1cncc1C(C)(C)N(C)C(=O)OC(C)(C)C. The second-order valence-corrected chi connectivity index (χ2v) is 6.57. The van der Waals surface area contributed by atoms with E-state index in [-0.39, 0.29) is 6.09 Å². The monoisotopic (exact) mass is 281 g/mol. The molecule has 20 heavy (non-hydrogen) atoms. The van der Waals surface area contributed by atoms with Crippen molar-refractivity contribution in [1.82, 2.24) is 14.5 Å². The van der Waals surface area contributed by atoms with Crippen LogP contribution in [0.1, 0.15) is 53.7 Å². The molecule has 0 unspecified atom stereocenters. The number of hydrogen-bond donors (Lipinski definition) is 0. The zero-order valence-electron chi connectivity index (χ0n) is 13.7. The van der Waals surface area contributed by atoms with Crippen molar-refractivity contribution in [3.63, 3.8) is 0 Å². The van der Waals surface area contributed by atoms with Gasteiger partial charge in [-0.05, 0) is 41.0 Å². The third kappa shape index (κ3) is 3.74. The number of aryl methyl sites for hydroxylation is 1. The van der Waals surface area contributed by atoms with Crippen molar-refractivity contribution in [3.05, 3.63) is 18.2 Å². The molecular weight excluding hydrogens is 254 g/mol. The summed E-state index contributed by atoms with van der Waals surface area (Å²) < 4.78 is 7.53. The lowest BCUT2D eigenvalue weighted by molar-refractivity contribution is 0.00914. The molecule has 1 aromatic rings. The third-order valence-corrected chi connectivity index (χ3v) is 3.31. The Morgan fingerprint density at radius 1 is 1.35 bits per heavy atom. The first-order valence-corrected chi connectivity index (χ1v) is 7.07. The minimum absolute atomic E-state index is 0.327. The van der Waals surface area contributed by atoms with Crippen LogP contribution in [0.3, 0.4) is 0 Å². The summed E-state index contributed by atoms with van der Waals surface area (Å²) in [6.07, 6.45) is 4.32. The Morgan fingerprint density at radius 2 is 1.95 bits per heavy atom. The summed E-state index contributed by atoms with van der Waals surface area (Å²) in [5.74, 6) is 0. The highest BCUT2D eigenvalue weighted by molar-refractivity contribution is 5.69. The third-order valence-electron chi connectivity index (χ3n) is 3.31. The van der Waals surface area contributed by atoms with Crippen molar-refractivity contribution >= 4 is 6.09 Å². The highest BCUT2D eigenvalue weighted by Crippen LogP contribution is 2.28. The van der Waals surface area contributed by atoms with Crippen molar-refractivity contribution in [2.75, 3.05) is 7.05 Å². The molecule has 1 aromatic heterocycles. The molecule has 1 amide bonds. The maximum Gasteiger partial charge on any atom is 0.410 e. The summed E-state index contributed by atoms with van der Waals surface area (Å²) in [6.45, 7) is 12.6. The number of carbonyl (C=O) groups is 1. The first-order valence-electron chi connectivity index (χ1n) is 7.07. The van der Waals surface area contributed by atoms with Crippen molar-refractivity contribution in [2.24, 2.45) is 0 Å². The number of imidazole rings is 1. The molecule has 0 aromatic carbocycles. The van der Waals surface area contributed by atoms with E-state index in [2.05, 4.69) is 16.5 Å². The van der Waals surface area contributed by atoms with Crippen LogP contribution in [0.4, 0.5) is 4.79 Å². The summed E-state index contributed by atoms with van der Waals surface area (Å²) in [7, 11) is 1.76. The Balaban J connectivity index is 2.97. The average molecular weight is 281 g/mol. The molecule has 0 radical (unpaired) electrons. The fourth-order valence-corrected chi connectivity index (χ4v) is 1.98. The molecule has 0 aliphatic carbocycles. The van der Waals surface area contributed by atoms with Crippen LogP contribution < -0.4 is 0 Å². The quantitative estimate of drug-likeness (QED) is 0.850. The van der Waals surface area contributed by atoms with E-state index >= 15 is 0 Å². The van der Waals surface area contributed by atoms with Crippen LogP contribution in [0.25, 0.3) is 0 Å². The molecule has 5 heteroatoms. The van der Waals surface area contributed by atoms with Gasteiger partial charge in [0.1, 0.15) is 5.60 Å². The Kier molecular flexibility index (Phi) is 4.84. The Hall–Kier alpha value is -1.52. The van der Waals surface area contributed by atoms with E-state index in [4.69, 9.17) is 4.74 Å². The lowest BCUT2D eigenvalue weighted by Gasteiger charge is -2.37. The molecule has 0 spiro atoms. The highest BCUT2D eigenvalue weighted by Gasteiger charge is 2.34. The average Bonchev–Trinajstić information content (AvgIpc) is 2.75. The van der Waals surface area contributed by atoms with Crippen molar-refractivity contribution in [3.8, 4) is 0 Å². The van der Waals surface area contributed by atoms with Crippen molar-refractivity contribution in [1.29, 1.82) is 0 Å². The fourth-order valence-electron chi connectivity index (χ4n) is 1.98. The normalized spacial score (nSPS) is 12.3. The standard InChI is InChI=1S/C15H27N3O2/c1-8-9-18-11-16-10-12(18)15(5,6)17(7)13(19)20-14(2,3)4/h10-11H,8-9H2,1-7H3. The van der Waals surface area contributed by atoms with Gasteiger partial charge in [-0.3, -0.25) is 0 Å². The Bertz CT molecular complexity index is 458. The molecule has 0 saturated carbocycles. The lowest BCUT2D eigenvalue weighted by atomic mass is 9.99. The van der Waals surface area contributed by atoms with Crippen LogP contribution in [-0.4, -0.2) is 33.2 Å². The first kappa shape index (κ1) is 16.5. The van der Waals surface area contributed by atoms with E-state index in [1.54, 1.807) is 11.9 Å². The van der Waals surface area contributed by atoms with Gasteiger partial charge in [0.25, 0.3) is 0 Å². The molecule has 114 valence electrons. The molecule has 0 saturated heterocycles. The minimum atomic E-state index is -0.495. The van der Waals surface area contributed by atoms with Crippen LogP contribution in [-0.2, 0) is 16.8 Å². The number of hydrogen-bond acceptors (Lipinski definition) is 3. The smallest absolute Gasteiger partial charge is 0.410 e. The predicted octanol–water partition coefficient (Wildman–Crippen LogP) is 3.40. The van der Waals surface area contributed by atoms with E-state index in [1.807, 2.05) is 47.1 Å². The maximum absolute atomic E-state index is 12.2. The topological polar surface area (TPSA) is 47.4 Å². The summed E-state index contributed by atoms with van der Waals surface area (Å²) in [6, 6.07) is 0. The van der Waals surface area contributed by atoms with Gasteiger partial charge < -0.3 is 14.2 Å². The summed E-state index contributed by atoms with van der Waals surface area (Å²) in [5, 5.41) is 0. The van der Waals surface area contributed by atoms with Gasteiger partial charge in [0, 0.05) is 13.6 Å². The van der Waals surface area contributed by atoms with E-state index in [0.29, 0.717) is 0 Å². The molecule has 0 atom stereocenters. The molecule has 1 heterocycles. The number of nitrogens with zero attached hydrogens (tertiary/aromatic N) is 3. The molecular formula is C15H27N3O2. The molecule has 0 aliphatic heterocycles. The number of carbonyl (C=O) groups excluding carboxylic acids is 1. The fraction of sp³-hybridized carbons (Fsp3) is 0.733. The second kappa shape index (κ2) is 5.85. The van der Waals surface area contributed by atoms with Gasteiger partial charge >= 0.3 is 6.09 Å². The number of ether oxygens (including phenoxy) is 1. The largest absolute Gasteiger partial charge is 0.444 e. The van der Waals surface area contributed by atoms with Crippen molar-refractivity contribution < 1.29 is 9.53 Å². The summed E-state index contributed by atoms with van der Waals surface area (Å²) >= 11 is 0. The maximum atomic E-state index is 12.2. The molecule has 1 rings (SSSR count). The molecule has 0 N–H and O–H groups in total. The molecule has 0 aliphatic rings. The van der Waals surface area contributed by atoms with Gasteiger partial charge in [0.15, 0.2) is 0 Å². The number of aromatic nitrogens is 2. The zero-order valence-corrected chi connectivity index (χ0v) is 13.7. The van der Waals surface area contributed by atoms with E-state index < -0.39 is 11.1 Å². The van der Waals surface area contributed by atoms with E-state index in [0.717, 1.165) is 18.7 Å². The van der Waals surface area contributed by atoms with Gasteiger partial charge in [-0.25, -0.2) is 9.78 Å². The van der Waals surface area contributed by atoms with Crippen LogP contribution >= 0.6 is 0 Å². The van der Waals surface area contributed by atoms with Crippen LogP contribution in [0.15, 0.2) is 12.5 Å². The van der Waals surface area contributed by atoms with E-state index in [9.17, 15) is 4.79 Å². The minimum Gasteiger partial charge on any atom is -0.444 e. The summed E-state index contributed by atoms with van der Waals surface area (Å²) in [5.41, 5.74) is 0.0340. The van der Waals surface area contributed by atoms with Gasteiger partial charge in [-0.1, -0.05) is 6.92 Å². The second-order valence-electron chi connectivity index (χ2n) is 6.57. The van der Waals surface area contributed by atoms with Gasteiger partial charge in [0.2, 0.25) is 0 Å². The van der Waals surface area contributed by atoms with Crippen LogP contribution in [0, 0.1) is 0 Å². The van der Waals surface area contributed by atoms with Gasteiger partial charge in [0.05, 0.1) is 23.8 Å². The van der Waals surface area contributed by atoms with Gasteiger partial charge in [-0.15, -0.1) is 0 Å². The first-order chi connectivity index (χ1) is 9.09. The molecule has 0 bridgehead atoms. The zero-order chi connectivity index (χ0) is 15.6. The van der Waals surface area contributed by atoms with E-state index in [1.165, 1.54) is 0 Å². The number of rotatable bonds is 4. The molecule has 0 fully saturated rings.